The van der Waals surface area contributed by atoms with E-state index in [1.807, 2.05) is 18.2 Å². The van der Waals surface area contributed by atoms with Crippen molar-refractivity contribution in [3.8, 4) is 5.75 Å². The van der Waals surface area contributed by atoms with Crippen molar-refractivity contribution in [2.45, 2.75) is 11.3 Å². The van der Waals surface area contributed by atoms with Crippen LogP contribution in [0.15, 0.2) is 56.3 Å². The molecule has 0 heterocycles. The van der Waals surface area contributed by atoms with E-state index in [1.165, 1.54) is 0 Å². The number of rotatable bonds is 6. The van der Waals surface area contributed by atoms with Gasteiger partial charge in [-0.1, -0.05) is 22.0 Å². The molecule has 0 spiro atoms. The van der Waals surface area contributed by atoms with Crippen LogP contribution < -0.4 is 9.46 Å². The van der Waals surface area contributed by atoms with Gasteiger partial charge in [-0.3, -0.25) is 0 Å². The lowest BCUT2D eigenvalue weighted by Gasteiger charge is -2.08. The second-order valence-corrected chi connectivity index (χ2v) is 8.11. The lowest BCUT2D eigenvalue weighted by Crippen LogP contribution is -2.25. The van der Waals surface area contributed by atoms with Gasteiger partial charge >= 0.3 is 0 Å². The van der Waals surface area contributed by atoms with Gasteiger partial charge in [-0.25, -0.2) is 13.1 Å². The van der Waals surface area contributed by atoms with E-state index in [9.17, 15) is 8.42 Å². The maximum Gasteiger partial charge on any atom is 0.240 e. The van der Waals surface area contributed by atoms with E-state index in [-0.39, 0.29) is 4.90 Å². The molecule has 0 unspecified atom stereocenters. The first-order valence-corrected chi connectivity index (χ1v) is 9.57. The molecule has 22 heavy (non-hydrogen) atoms. The van der Waals surface area contributed by atoms with Crippen molar-refractivity contribution in [1.29, 1.82) is 0 Å². The fourth-order valence-corrected chi connectivity index (χ4v) is 3.78. The Hall–Kier alpha value is -0.890. The first-order chi connectivity index (χ1) is 10.4. The highest BCUT2D eigenvalue weighted by atomic mass is 79.9. The van der Waals surface area contributed by atoms with Crippen molar-refractivity contribution >= 4 is 41.9 Å². The molecule has 0 radical (unpaired) electrons. The van der Waals surface area contributed by atoms with Crippen LogP contribution >= 0.6 is 31.9 Å². The zero-order valence-corrected chi connectivity index (χ0v) is 15.8. The minimum absolute atomic E-state index is 0.256. The molecule has 0 bridgehead atoms. The molecule has 2 aromatic carbocycles. The predicted octanol–water partition coefficient (Wildman–Crippen LogP) is 3.74. The Labute approximate surface area is 147 Å². The van der Waals surface area contributed by atoms with Crippen LogP contribution in [-0.4, -0.2) is 22.1 Å². The first kappa shape index (κ1) is 17.5. The number of halogens is 2. The van der Waals surface area contributed by atoms with Gasteiger partial charge in [-0.15, -0.1) is 0 Å². The number of hydrogen-bond acceptors (Lipinski definition) is 3. The number of ether oxygens (including phenoxy) is 1. The molecule has 0 atom stereocenters. The average molecular weight is 449 g/mol. The van der Waals surface area contributed by atoms with Gasteiger partial charge in [0.2, 0.25) is 10.0 Å². The molecule has 1 N–H and O–H groups in total. The standard InChI is InChI=1S/C15H15Br2NO3S/c1-21-15-7-2-11(10-14(15)17)8-9-18-22(19,20)13-5-3-12(16)4-6-13/h2-7,10,18H,8-9H2,1H3. The van der Waals surface area contributed by atoms with Crippen molar-refractivity contribution in [2.75, 3.05) is 13.7 Å². The fourth-order valence-electron chi connectivity index (χ4n) is 1.89. The molecule has 0 amide bonds. The Kier molecular flexibility index (Phi) is 6.02. The molecule has 0 aromatic heterocycles. The summed E-state index contributed by atoms with van der Waals surface area (Å²) in [6.45, 7) is 0.331. The minimum Gasteiger partial charge on any atom is -0.496 e. The maximum absolute atomic E-state index is 12.1. The van der Waals surface area contributed by atoms with Crippen molar-refractivity contribution in [3.63, 3.8) is 0 Å². The summed E-state index contributed by atoms with van der Waals surface area (Å²) >= 11 is 6.70. The number of sulfonamides is 1. The van der Waals surface area contributed by atoms with E-state index in [1.54, 1.807) is 31.4 Å². The Bertz CT molecular complexity index is 746. The lowest BCUT2D eigenvalue weighted by atomic mass is 10.1. The normalized spacial score (nSPS) is 11.4. The van der Waals surface area contributed by atoms with Gasteiger partial charge in [0.25, 0.3) is 0 Å². The Morgan fingerprint density at radius 3 is 2.36 bits per heavy atom. The van der Waals surface area contributed by atoms with E-state index >= 15 is 0 Å². The largest absolute Gasteiger partial charge is 0.496 e. The molecule has 2 rings (SSSR count). The summed E-state index contributed by atoms with van der Waals surface area (Å²) in [6.07, 6.45) is 0.596. The summed E-state index contributed by atoms with van der Waals surface area (Å²) in [5, 5.41) is 0. The van der Waals surface area contributed by atoms with Gasteiger partial charge in [0.1, 0.15) is 5.75 Å². The Morgan fingerprint density at radius 1 is 1.09 bits per heavy atom. The number of nitrogens with one attached hydrogen (secondary N) is 1. The lowest BCUT2D eigenvalue weighted by molar-refractivity contribution is 0.412. The van der Waals surface area contributed by atoms with E-state index in [4.69, 9.17) is 4.74 Å². The molecular weight excluding hydrogens is 434 g/mol. The van der Waals surface area contributed by atoms with Crippen molar-refractivity contribution in [1.82, 2.24) is 4.72 Å². The Morgan fingerprint density at radius 2 is 1.77 bits per heavy atom. The minimum atomic E-state index is -3.48. The smallest absolute Gasteiger partial charge is 0.240 e. The van der Waals surface area contributed by atoms with E-state index in [0.29, 0.717) is 13.0 Å². The van der Waals surface area contributed by atoms with Crippen molar-refractivity contribution in [3.05, 3.63) is 57.0 Å². The second kappa shape index (κ2) is 7.59. The topological polar surface area (TPSA) is 55.4 Å². The molecule has 118 valence electrons. The van der Waals surface area contributed by atoms with Gasteiger partial charge in [0.05, 0.1) is 16.5 Å². The quantitative estimate of drug-likeness (QED) is 0.732. The van der Waals surface area contributed by atoms with E-state index < -0.39 is 10.0 Å². The maximum atomic E-state index is 12.1. The molecule has 0 aliphatic rings. The highest BCUT2D eigenvalue weighted by molar-refractivity contribution is 9.10. The van der Waals surface area contributed by atoms with Crippen LogP contribution in [0.1, 0.15) is 5.56 Å². The van der Waals surface area contributed by atoms with Gasteiger partial charge in [-0.05, 0) is 64.3 Å². The van der Waals surface area contributed by atoms with Crippen LogP contribution in [0.25, 0.3) is 0 Å². The SMILES string of the molecule is COc1ccc(CCNS(=O)(=O)c2ccc(Br)cc2)cc1Br. The summed E-state index contributed by atoms with van der Waals surface area (Å²) < 4.78 is 33.7. The third-order valence-electron chi connectivity index (χ3n) is 3.05. The average Bonchev–Trinajstić information content (AvgIpc) is 2.48. The number of methoxy groups -OCH3 is 1. The van der Waals surface area contributed by atoms with E-state index in [0.717, 1.165) is 20.3 Å². The molecule has 2 aromatic rings. The summed E-state index contributed by atoms with van der Waals surface area (Å²) in [6, 6.07) is 12.2. The monoisotopic (exact) mass is 447 g/mol. The van der Waals surface area contributed by atoms with Gasteiger partial charge in [-0.2, -0.15) is 0 Å². The van der Waals surface area contributed by atoms with Crippen LogP contribution in [-0.2, 0) is 16.4 Å². The summed E-state index contributed by atoms with van der Waals surface area (Å²) in [5.41, 5.74) is 1.02. The Balaban J connectivity index is 1.98. The fraction of sp³-hybridized carbons (Fsp3) is 0.200. The van der Waals surface area contributed by atoms with Crippen LogP contribution in [0.3, 0.4) is 0 Å². The second-order valence-electron chi connectivity index (χ2n) is 4.57. The predicted molar refractivity (Wildman–Crippen MR) is 93.7 cm³/mol. The highest BCUT2D eigenvalue weighted by Gasteiger charge is 2.13. The molecular formula is C15H15Br2NO3S. The first-order valence-electron chi connectivity index (χ1n) is 6.50. The molecule has 0 aliphatic heterocycles. The highest BCUT2D eigenvalue weighted by Crippen LogP contribution is 2.25. The zero-order chi connectivity index (χ0) is 16.2. The van der Waals surface area contributed by atoms with Gasteiger partial charge < -0.3 is 4.74 Å². The van der Waals surface area contributed by atoms with Crippen molar-refractivity contribution in [2.24, 2.45) is 0 Å². The third kappa shape index (κ3) is 4.55. The number of hydrogen-bond donors (Lipinski definition) is 1. The van der Waals surface area contributed by atoms with Crippen LogP contribution in [0, 0.1) is 0 Å². The zero-order valence-electron chi connectivity index (χ0n) is 11.8. The van der Waals surface area contributed by atoms with E-state index in [2.05, 4.69) is 36.6 Å². The summed E-state index contributed by atoms with van der Waals surface area (Å²) in [7, 11) is -1.87. The molecule has 0 saturated heterocycles. The summed E-state index contributed by atoms with van der Waals surface area (Å²) in [4.78, 5) is 0.256. The van der Waals surface area contributed by atoms with Gasteiger partial charge in [0, 0.05) is 11.0 Å². The van der Waals surface area contributed by atoms with Crippen LogP contribution in [0.5, 0.6) is 5.75 Å². The molecule has 7 heteroatoms. The van der Waals surface area contributed by atoms with Gasteiger partial charge in [0.15, 0.2) is 0 Å². The molecule has 4 nitrogen and oxygen atoms in total. The van der Waals surface area contributed by atoms with Crippen LogP contribution in [0.2, 0.25) is 0 Å². The molecule has 0 saturated carbocycles. The molecule has 0 fully saturated rings. The number of benzene rings is 2. The summed E-state index contributed by atoms with van der Waals surface area (Å²) in [5.74, 6) is 0.749. The van der Waals surface area contributed by atoms with Crippen molar-refractivity contribution < 1.29 is 13.2 Å². The molecule has 0 aliphatic carbocycles. The third-order valence-corrected chi connectivity index (χ3v) is 5.67. The van der Waals surface area contributed by atoms with Crippen LogP contribution in [0.4, 0.5) is 0 Å².